The highest BCUT2D eigenvalue weighted by molar-refractivity contribution is 7.99. The van der Waals surface area contributed by atoms with Crippen LogP contribution in [0.3, 0.4) is 0 Å². The lowest BCUT2D eigenvalue weighted by Crippen LogP contribution is -1.95. The zero-order chi connectivity index (χ0) is 19.5. The van der Waals surface area contributed by atoms with Gasteiger partial charge in [-0.05, 0) is 29.3 Å². The summed E-state index contributed by atoms with van der Waals surface area (Å²) in [6.07, 6.45) is 5.99. The minimum Gasteiger partial charge on any atom is -0.382 e. The predicted octanol–water partition coefficient (Wildman–Crippen LogP) is 4.06. The van der Waals surface area contributed by atoms with Crippen LogP contribution in [0.1, 0.15) is 0 Å². The van der Waals surface area contributed by atoms with Crippen molar-refractivity contribution in [1.82, 2.24) is 19.9 Å². The van der Waals surface area contributed by atoms with Gasteiger partial charge in [0.15, 0.2) is 0 Å². The van der Waals surface area contributed by atoms with Crippen molar-refractivity contribution in [2.24, 2.45) is 0 Å². The molecule has 0 aliphatic heterocycles. The second-order valence-corrected chi connectivity index (χ2v) is 6.96. The van der Waals surface area contributed by atoms with E-state index in [2.05, 4.69) is 19.9 Å². The van der Waals surface area contributed by atoms with Gasteiger partial charge in [0.05, 0.1) is 30.5 Å². The molecule has 4 aromatic rings. The van der Waals surface area contributed by atoms with Gasteiger partial charge in [0, 0.05) is 10.5 Å². The minimum absolute atomic E-state index is 0.288. The molecule has 0 atom stereocenters. The fourth-order valence-electron chi connectivity index (χ4n) is 2.69. The average molecular weight is 390 g/mol. The Labute approximate surface area is 164 Å². The van der Waals surface area contributed by atoms with Crippen LogP contribution in [-0.2, 0) is 0 Å². The molecule has 0 spiro atoms. The van der Waals surface area contributed by atoms with Crippen molar-refractivity contribution in [1.29, 1.82) is 0 Å². The largest absolute Gasteiger partial charge is 0.382 e. The van der Waals surface area contributed by atoms with Crippen LogP contribution < -0.4 is 11.5 Å². The smallest absolute Gasteiger partial charge is 0.143 e. The Balaban J connectivity index is 1.70. The third kappa shape index (κ3) is 3.77. The van der Waals surface area contributed by atoms with E-state index < -0.39 is 0 Å². The van der Waals surface area contributed by atoms with Crippen LogP contribution >= 0.6 is 11.8 Å². The van der Waals surface area contributed by atoms with Gasteiger partial charge in [-0.1, -0.05) is 36.0 Å². The maximum Gasteiger partial charge on any atom is 0.143 e. The molecule has 4 rings (SSSR count). The van der Waals surface area contributed by atoms with E-state index in [9.17, 15) is 4.39 Å². The van der Waals surface area contributed by atoms with E-state index in [4.69, 9.17) is 11.5 Å². The third-order valence-electron chi connectivity index (χ3n) is 3.96. The van der Waals surface area contributed by atoms with Crippen molar-refractivity contribution in [2.75, 3.05) is 11.5 Å². The number of nitrogen functional groups attached to an aromatic ring is 2. The van der Waals surface area contributed by atoms with Crippen molar-refractivity contribution < 1.29 is 4.39 Å². The Morgan fingerprint density at radius 2 is 1.68 bits per heavy atom. The Morgan fingerprint density at radius 3 is 2.43 bits per heavy atom. The Morgan fingerprint density at radius 1 is 0.821 bits per heavy atom. The topological polar surface area (TPSA) is 104 Å². The Kier molecular flexibility index (Phi) is 4.86. The number of nitrogens with zero attached hydrogens (tertiary/aromatic N) is 4. The number of hydrogen-bond acceptors (Lipinski definition) is 7. The monoisotopic (exact) mass is 390 g/mol. The number of anilines is 2. The summed E-state index contributed by atoms with van der Waals surface area (Å²) in [5.74, 6) is 0.249. The molecule has 0 fully saturated rings. The van der Waals surface area contributed by atoms with Gasteiger partial charge in [0.25, 0.3) is 0 Å². The van der Waals surface area contributed by atoms with Crippen LogP contribution in [0.15, 0.2) is 77.2 Å². The molecule has 0 amide bonds. The first-order valence-corrected chi connectivity index (χ1v) is 9.14. The molecule has 0 aliphatic carbocycles. The lowest BCUT2D eigenvalue weighted by Gasteiger charge is -2.11. The molecule has 0 bridgehead atoms. The van der Waals surface area contributed by atoms with Crippen molar-refractivity contribution >= 4 is 23.4 Å². The molecule has 8 heteroatoms. The molecule has 2 aromatic heterocycles. The van der Waals surface area contributed by atoms with Crippen molar-refractivity contribution in [3.8, 4) is 22.4 Å². The second kappa shape index (κ2) is 7.61. The van der Waals surface area contributed by atoms with Gasteiger partial charge >= 0.3 is 0 Å². The number of aromatic nitrogens is 4. The van der Waals surface area contributed by atoms with Gasteiger partial charge in [-0.15, -0.1) is 0 Å². The highest BCUT2D eigenvalue weighted by Crippen LogP contribution is 2.36. The highest BCUT2D eigenvalue weighted by atomic mass is 32.2. The SMILES string of the molecule is Nc1cnc(-c2ccc(-c3ccccc3Sc3cncc(N)n3)cc2F)cn1. The molecule has 0 radical (unpaired) electrons. The molecular weight excluding hydrogens is 375 g/mol. The van der Waals surface area contributed by atoms with E-state index in [0.29, 0.717) is 22.1 Å². The standard InChI is InChI=1S/C20H15FN6S/c21-15-7-12(5-6-14(15)16-8-26-18(22)10-25-16)13-3-1-2-4-17(13)28-20-11-24-9-19(23)27-20/h1-11H,(H2,22,26)(H2,23,27). The van der Waals surface area contributed by atoms with Gasteiger partial charge < -0.3 is 11.5 Å². The van der Waals surface area contributed by atoms with E-state index in [0.717, 1.165) is 16.0 Å². The van der Waals surface area contributed by atoms with Gasteiger partial charge in [-0.2, -0.15) is 0 Å². The molecule has 138 valence electrons. The van der Waals surface area contributed by atoms with Crippen molar-refractivity contribution in [2.45, 2.75) is 9.92 Å². The first kappa shape index (κ1) is 17.9. The van der Waals surface area contributed by atoms with Gasteiger partial charge in [-0.25, -0.2) is 14.4 Å². The van der Waals surface area contributed by atoms with E-state index >= 15 is 0 Å². The molecule has 0 saturated heterocycles. The maximum atomic E-state index is 14.8. The number of rotatable bonds is 4. The van der Waals surface area contributed by atoms with Gasteiger partial charge in [-0.3, -0.25) is 9.97 Å². The van der Waals surface area contributed by atoms with Crippen molar-refractivity contribution in [3.63, 3.8) is 0 Å². The number of benzene rings is 2. The summed E-state index contributed by atoms with van der Waals surface area (Å²) in [5.41, 5.74) is 13.7. The molecule has 0 unspecified atom stereocenters. The third-order valence-corrected chi connectivity index (χ3v) is 4.94. The van der Waals surface area contributed by atoms with E-state index in [1.165, 1.54) is 36.4 Å². The fourth-order valence-corrected chi connectivity index (χ4v) is 3.62. The molecule has 2 aromatic carbocycles. The van der Waals surface area contributed by atoms with E-state index in [-0.39, 0.29) is 11.6 Å². The van der Waals surface area contributed by atoms with Crippen LogP contribution in [0.25, 0.3) is 22.4 Å². The van der Waals surface area contributed by atoms with Crippen LogP contribution in [0, 0.1) is 5.82 Å². The molecule has 6 nitrogen and oxygen atoms in total. The average Bonchev–Trinajstić information content (AvgIpc) is 2.69. The lowest BCUT2D eigenvalue weighted by molar-refractivity contribution is 0.631. The lowest BCUT2D eigenvalue weighted by atomic mass is 10.0. The summed E-state index contributed by atoms with van der Waals surface area (Å²) in [5, 5.41) is 0.668. The second-order valence-electron chi connectivity index (χ2n) is 5.90. The summed E-state index contributed by atoms with van der Waals surface area (Å²) < 4.78 is 14.8. The molecule has 4 N–H and O–H groups in total. The first-order chi connectivity index (χ1) is 13.6. The summed E-state index contributed by atoms with van der Waals surface area (Å²) in [4.78, 5) is 17.3. The van der Waals surface area contributed by atoms with Crippen LogP contribution in [0.5, 0.6) is 0 Å². The number of nitrogens with two attached hydrogens (primary N) is 2. The molecule has 2 heterocycles. The molecule has 28 heavy (non-hydrogen) atoms. The summed E-state index contributed by atoms with van der Waals surface area (Å²) >= 11 is 1.42. The molecule has 0 aliphatic rings. The highest BCUT2D eigenvalue weighted by Gasteiger charge is 2.12. The fraction of sp³-hybridized carbons (Fsp3) is 0. The molecule has 0 saturated carbocycles. The van der Waals surface area contributed by atoms with E-state index in [1.54, 1.807) is 12.3 Å². The zero-order valence-corrected chi connectivity index (χ0v) is 15.4. The minimum atomic E-state index is -0.389. The zero-order valence-electron chi connectivity index (χ0n) is 14.6. The summed E-state index contributed by atoms with van der Waals surface area (Å²) in [6.45, 7) is 0. The summed E-state index contributed by atoms with van der Waals surface area (Å²) in [6, 6.07) is 12.7. The number of hydrogen-bond donors (Lipinski definition) is 2. The maximum absolute atomic E-state index is 14.8. The van der Waals surface area contributed by atoms with Gasteiger partial charge in [0.1, 0.15) is 22.5 Å². The number of halogens is 1. The quantitative estimate of drug-likeness (QED) is 0.541. The Hall–Kier alpha value is -3.52. The normalized spacial score (nSPS) is 10.8. The first-order valence-electron chi connectivity index (χ1n) is 8.32. The van der Waals surface area contributed by atoms with Gasteiger partial charge in [0.2, 0.25) is 0 Å². The summed E-state index contributed by atoms with van der Waals surface area (Å²) in [7, 11) is 0. The predicted molar refractivity (Wildman–Crippen MR) is 108 cm³/mol. The van der Waals surface area contributed by atoms with Crippen LogP contribution in [-0.4, -0.2) is 19.9 Å². The van der Waals surface area contributed by atoms with E-state index in [1.807, 2.05) is 30.3 Å². The Bertz CT molecular complexity index is 1130. The van der Waals surface area contributed by atoms with Crippen LogP contribution in [0.2, 0.25) is 0 Å². The van der Waals surface area contributed by atoms with Crippen LogP contribution in [0.4, 0.5) is 16.0 Å². The molecular formula is C20H15FN6S. The van der Waals surface area contributed by atoms with Crippen molar-refractivity contribution in [3.05, 3.63) is 73.1 Å².